The highest BCUT2D eigenvalue weighted by Gasteiger charge is 2.39. The summed E-state index contributed by atoms with van der Waals surface area (Å²) in [5.74, 6) is -1.37. The Morgan fingerprint density at radius 3 is 2.45 bits per heavy atom. The lowest BCUT2D eigenvalue weighted by Gasteiger charge is -2.42. The standard InChI is InChI=1S/C23H30F3N5O2/c1-29-8-5-18(6-9-29)30-10-12-31(13-11-30)22(33)20(15-23(24,25)26)28-21(32)17-3-2-16-4-7-27-19(16)14-17/h2-4,7,14,18,20,27H,5-6,8-13,15H2,1H3,(H,28,32)/t20-/m1/s1. The topological polar surface area (TPSA) is 71.7 Å². The fourth-order valence-electron chi connectivity index (χ4n) is 4.75. The second kappa shape index (κ2) is 9.72. The Morgan fingerprint density at radius 2 is 1.79 bits per heavy atom. The Balaban J connectivity index is 1.39. The number of carbonyl (C=O) groups is 2. The van der Waals surface area contributed by atoms with Gasteiger partial charge in [-0.15, -0.1) is 0 Å². The highest BCUT2D eigenvalue weighted by Crippen LogP contribution is 2.24. The number of halogens is 3. The highest BCUT2D eigenvalue weighted by molar-refractivity contribution is 6.00. The highest BCUT2D eigenvalue weighted by atomic mass is 19.4. The van der Waals surface area contributed by atoms with Gasteiger partial charge >= 0.3 is 6.18 Å². The van der Waals surface area contributed by atoms with Crippen molar-refractivity contribution in [2.45, 2.75) is 37.5 Å². The molecule has 1 aromatic carbocycles. The van der Waals surface area contributed by atoms with E-state index in [-0.39, 0.29) is 5.56 Å². The summed E-state index contributed by atoms with van der Waals surface area (Å²) in [4.78, 5) is 34.8. The van der Waals surface area contributed by atoms with E-state index in [0.717, 1.165) is 31.3 Å². The van der Waals surface area contributed by atoms with E-state index >= 15 is 0 Å². The zero-order valence-electron chi connectivity index (χ0n) is 18.7. The van der Waals surface area contributed by atoms with Gasteiger partial charge in [0.05, 0.1) is 6.42 Å². The molecule has 2 aromatic rings. The zero-order valence-corrected chi connectivity index (χ0v) is 18.7. The molecule has 0 radical (unpaired) electrons. The first-order chi connectivity index (χ1) is 15.7. The number of piperazine rings is 1. The zero-order chi connectivity index (χ0) is 23.6. The number of rotatable bonds is 5. The molecule has 0 saturated carbocycles. The maximum absolute atomic E-state index is 13.3. The average molecular weight is 466 g/mol. The predicted octanol–water partition coefficient (Wildman–Crippen LogP) is 2.46. The molecule has 180 valence electrons. The fourth-order valence-corrected chi connectivity index (χ4v) is 4.75. The molecule has 0 unspecified atom stereocenters. The van der Waals surface area contributed by atoms with Gasteiger partial charge in [0.25, 0.3) is 5.91 Å². The SMILES string of the molecule is CN1CCC(N2CCN(C(=O)[C@@H](CC(F)(F)F)NC(=O)c3ccc4cc[nH]c4c3)CC2)CC1. The minimum Gasteiger partial charge on any atom is -0.361 e. The van der Waals surface area contributed by atoms with Gasteiger partial charge in [-0.05, 0) is 56.6 Å². The van der Waals surface area contributed by atoms with Crippen LogP contribution in [0.1, 0.15) is 29.6 Å². The smallest absolute Gasteiger partial charge is 0.361 e. The molecule has 2 saturated heterocycles. The van der Waals surface area contributed by atoms with Crippen LogP contribution in [0.2, 0.25) is 0 Å². The van der Waals surface area contributed by atoms with Crippen LogP contribution >= 0.6 is 0 Å². The summed E-state index contributed by atoms with van der Waals surface area (Å²) < 4.78 is 39.8. The third-order valence-electron chi connectivity index (χ3n) is 6.69. The van der Waals surface area contributed by atoms with Crippen LogP contribution in [0.25, 0.3) is 10.9 Å². The largest absolute Gasteiger partial charge is 0.391 e. The lowest BCUT2D eigenvalue weighted by Crippen LogP contribution is -2.58. The van der Waals surface area contributed by atoms with E-state index in [9.17, 15) is 22.8 Å². The molecule has 2 amide bonds. The molecule has 10 heteroatoms. The number of fused-ring (bicyclic) bond motifs is 1. The first-order valence-electron chi connectivity index (χ1n) is 11.4. The molecule has 3 heterocycles. The van der Waals surface area contributed by atoms with Gasteiger partial charge in [0, 0.05) is 49.5 Å². The van der Waals surface area contributed by atoms with Gasteiger partial charge in [0.2, 0.25) is 5.91 Å². The number of aromatic amines is 1. The Kier molecular flexibility index (Phi) is 6.94. The Bertz CT molecular complexity index is 976. The van der Waals surface area contributed by atoms with Crippen molar-refractivity contribution < 1.29 is 22.8 Å². The van der Waals surface area contributed by atoms with Crippen molar-refractivity contribution >= 4 is 22.7 Å². The molecule has 0 aliphatic carbocycles. The predicted molar refractivity (Wildman–Crippen MR) is 119 cm³/mol. The van der Waals surface area contributed by atoms with E-state index in [1.165, 1.54) is 4.90 Å². The minimum atomic E-state index is -4.58. The molecule has 2 N–H and O–H groups in total. The third-order valence-corrected chi connectivity index (χ3v) is 6.69. The van der Waals surface area contributed by atoms with Crippen molar-refractivity contribution in [2.75, 3.05) is 46.3 Å². The van der Waals surface area contributed by atoms with E-state index in [4.69, 9.17) is 0 Å². The molecule has 0 spiro atoms. The number of nitrogens with one attached hydrogen (secondary N) is 2. The summed E-state index contributed by atoms with van der Waals surface area (Å²) in [6, 6.07) is 5.46. The van der Waals surface area contributed by atoms with Gasteiger partial charge < -0.3 is 20.1 Å². The van der Waals surface area contributed by atoms with Crippen molar-refractivity contribution in [2.24, 2.45) is 0 Å². The molecule has 33 heavy (non-hydrogen) atoms. The van der Waals surface area contributed by atoms with Gasteiger partial charge in [-0.1, -0.05) is 6.07 Å². The quantitative estimate of drug-likeness (QED) is 0.712. The Labute approximate surface area is 190 Å². The maximum atomic E-state index is 13.3. The monoisotopic (exact) mass is 465 g/mol. The molecule has 2 aliphatic rings. The summed E-state index contributed by atoms with van der Waals surface area (Å²) in [5.41, 5.74) is 0.906. The molecule has 2 aliphatic heterocycles. The first-order valence-corrected chi connectivity index (χ1v) is 11.4. The summed E-state index contributed by atoms with van der Waals surface area (Å²) in [5, 5.41) is 3.23. The molecule has 0 bridgehead atoms. The van der Waals surface area contributed by atoms with Crippen molar-refractivity contribution in [3.05, 3.63) is 36.0 Å². The van der Waals surface area contributed by atoms with Crippen LogP contribution in [0.3, 0.4) is 0 Å². The van der Waals surface area contributed by atoms with E-state index < -0.39 is 30.5 Å². The number of piperidine rings is 1. The van der Waals surface area contributed by atoms with Gasteiger partial charge in [0.1, 0.15) is 6.04 Å². The van der Waals surface area contributed by atoms with Crippen molar-refractivity contribution in [3.8, 4) is 0 Å². The average Bonchev–Trinajstić information content (AvgIpc) is 3.26. The molecular formula is C23H30F3N5O2. The van der Waals surface area contributed by atoms with Crippen LogP contribution in [0, 0.1) is 0 Å². The number of nitrogens with zero attached hydrogens (tertiary/aromatic N) is 3. The van der Waals surface area contributed by atoms with Gasteiger partial charge in [-0.25, -0.2) is 0 Å². The van der Waals surface area contributed by atoms with Crippen LogP contribution < -0.4 is 5.32 Å². The molecular weight excluding hydrogens is 435 g/mol. The van der Waals surface area contributed by atoms with E-state index in [0.29, 0.717) is 37.7 Å². The van der Waals surface area contributed by atoms with Gasteiger partial charge in [-0.2, -0.15) is 13.2 Å². The first kappa shape index (κ1) is 23.6. The van der Waals surface area contributed by atoms with Crippen molar-refractivity contribution in [1.29, 1.82) is 0 Å². The summed E-state index contributed by atoms with van der Waals surface area (Å²) in [7, 11) is 2.10. The molecule has 1 aromatic heterocycles. The van der Waals surface area contributed by atoms with Crippen LogP contribution in [-0.2, 0) is 4.79 Å². The number of amides is 2. The lowest BCUT2D eigenvalue weighted by molar-refractivity contribution is -0.155. The third kappa shape index (κ3) is 5.86. The number of aromatic nitrogens is 1. The van der Waals surface area contributed by atoms with E-state index in [2.05, 4.69) is 27.1 Å². The van der Waals surface area contributed by atoms with Crippen LogP contribution in [0.5, 0.6) is 0 Å². The molecule has 1 atom stereocenters. The number of alkyl halides is 3. The summed E-state index contributed by atoms with van der Waals surface area (Å²) in [6.07, 6.45) is -2.14. The maximum Gasteiger partial charge on any atom is 0.391 e. The number of benzene rings is 1. The van der Waals surface area contributed by atoms with Crippen LogP contribution in [0.15, 0.2) is 30.5 Å². The summed E-state index contributed by atoms with van der Waals surface area (Å²) >= 11 is 0. The number of likely N-dealkylation sites (tertiary alicyclic amines) is 1. The molecule has 4 rings (SSSR count). The lowest BCUT2D eigenvalue weighted by atomic mass is 10.0. The van der Waals surface area contributed by atoms with E-state index in [1.54, 1.807) is 24.4 Å². The number of hydrogen-bond donors (Lipinski definition) is 2. The normalized spacial score (nSPS) is 20.2. The number of carbonyl (C=O) groups excluding carboxylic acids is 2. The Morgan fingerprint density at radius 1 is 1.09 bits per heavy atom. The fraction of sp³-hybridized carbons (Fsp3) is 0.565. The van der Waals surface area contributed by atoms with Crippen molar-refractivity contribution in [1.82, 2.24) is 25.0 Å². The second-order valence-electron chi connectivity index (χ2n) is 9.02. The molecule has 7 nitrogen and oxygen atoms in total. The van der Waals surface area contributed by atoms with Crippen LogP contribution in [0.4, 0.5) is 13.2 Å². The van der Waals surface area contributed by atoms with Gasteiger partial charge in [0.15, 0.2) is 0 Å². The summed E-state index contributed by atoms with van der Waals surface area (Å²) in [6.45, 7) is 4.05. The number of hydrogen-bond acceptors (Lipinski definition) is 4. The molecule has 2 fully saturated rings. The van der Waals surface area contributed by atoms with Crippen LogP contribution in [-0.4, -0.2) is 96.1 Å². The number of H-pyrrole nitrogens is 1. The Hall–Kier alpha value is -2.59. The van der Waals surface area contributed by atoms with Crippen molar-refractivity contribution in [3.63, 3.8) is 0 Å². The minimum absolute atomic E-state index is 0.206. The van der Waals surface area contributed by atoms with E-state index in [1.807, 2.05) is 6.07 Å². The van der Waals surface area contributed by atoms with Gasteiger partial charge in [-0.3, -0.25) is 14.5 Å². The second-order valence-corrected chi connectivity index (χ2v) is 9.02.